The molecule has 2 aliphatic rings. The highest BCUT2D eigenvalue weighted by Gasteiger charge is 2.28. The lowest BCUT2D eigenvalue weighted by atomic mass is 10.0. The predicted octanol–water partition coefficient (Wildman–Crippen LogP) is 3.08. The van der Waals surface area contributed by atoms with Crippen LogP contribution in [0.3, 0.4) is 0 Å². The van der Waals surface area contributed by atoms with Crippen LogP contribution in [0.25, 0.3) is 11.3 Å². The molecule has 7 nitrogen and oxygen atoms in total. The van der Waals surface area contributed by atoms with Gasteiger partial charge in [-0.1, -0.05) is 0 Å². The van der Waals surface area contributed by atoms with Crippen LogP contribution in [-0.4, -0.2) is 39.3 Å². The number of H-pyrrole nitrogens is 1. The van der Waals surface area contributed by atoms with Crippen LogP contribution in [0.2, 0.25) is 0 Å². The molecular weight excluding hydrogens is 364 g/mol. The maximum atomic E-state index is 13.0. The van der Waals surface area contributed by atoms with E-state index in [1.54, 1.807) is 0 Å². The van der Waals surface area contributed by atoms with E-state index in [0.29, 0.717) is 13.1 Å². The Hall–Kier alpha value is -2.87. The molecule has 0 spiro atoms. The first-order valence-electron chi connectivity index (χ1n) is 8.79. The molecule has 0 fully saturated rings. The first-order valence-corrected chi connectivity index (χ1v) is 9.61. The lowest BCUT2D eigenvalue weighted by Gasteiger charge is -2.27. The summed E-state index contributed by atoms with van der Waals surface area (Å²) in [5.74, 6) is 1.52. The number of aryl methyl sites for hydroxylation is 2. The Kier molecular flexibility index (Phi) is 3.68. The Labute approximate surface area is 159 Å². The third-order valence-corrected chi connectivity index (χ3v) is 6.03. The molecule has 0 aliphatic carbocycles. The number of aromatic amines is 1. The van der Waals surface area contributed by atoms with E-state index in [1.807, 2.05) is 36.9 Å². The molecule has 27 heavy (non-hydrogen) atoms. The Balaban J connectivity index is 1.46. The third kappa shape index (κ3) is 2.68. The molecule has 1 aromatic carbocycles. The van der Waals surface area contributed by atoms with Crippen molar-refractivity contribution in [3.63, 3.8) is 0 Å². The van der Waals surface area contributed by atoms with E-state index >= 15 is 0 Å². The molecule has 5 rings (SSSR count). The summed E-state index contributed by atoms with van der Waals surface area (Å²) in [5, 5.41) is 8.56. The molecule has 1 N–H and O–H groups in total. The number of hydrogen-bond acceptors (Lipinski definition) is 6. The maximum absolute atomic E-state index is 13.0. The number of nitrogens with zero attached hydrogens (tertiary/aromatic N) is 3. The van der Waals surface area contributed by atoms with Gasteiger partial charge in [0.1, 0.15) is 4.88 Å². The fraction of sp³-hybridized carbons (Fsp3) is 0.316. The smallest absolute Gasteiger partial charge is 0.266 e. The van der Waals surface area contributed by atoms with Crippen molar-refractivity contribution >= 4 is 17.2 Å². The summed E-state index contributed by atoms with van der Waals surface area (Å²) in [7, 11) is 0. The van der Waals surface area contributed by atoms with Crippen LogP contribution in [-0.2, 0) is 13.0 Å². The van der Waals surface area contributed by atoms with E-state index < -0.39 is 0 Å². The van der Waals surface area contributed by atoms with Gasteiger partial charge in [-0.25, -0.2) is 4.98 Å². The van der Waals surface area contributed by atoms with Crippen LogP contribution in [0, 0.1) is 13.8 Å². The van der Waals surface area contributed by atoms with Crippen molar-refractivity contribution in [2.45, 2.75) is 26.8 Å². The van der Waals surface area contributed by atoms with Gasteiger partial charge >= 0.3 is 0 Å². The zero-order chi connectivity index (χ0) is 18.5. The highest BCUT2D eigenvalue weighted by atomic mass is 32.1. The number of carbonyl (C=O) groups excluding carboxylic acids is 1. The molecule has 3 aromatic rings. The van der Waals surface area contributed by atoms with Crippen molar-refractivity contribution in [2.24, 2.45) is 0 Å². The molecule has 0 unspecified atom stereocenters. The number of rotatable bonds is 2. The van der Waals surface area contributed by atoms with Crippen LogP contribution in [0.5, 0.6) is 11.5 Å². The Bertz CT molecular complexity index is 1060. The SMILES string of the molecule is Cc1nc(C)c(C(=O)N2CCc3[nH]nc(-c4ccc5c(c4)OCO5)c3C2)s1. The topological polar surface area (TPSA) is 80.3 Å². The lowest BCUT2D eigenvalue weighted by molar-refractivity contribution is 0.0738. The number of fused-ring (bicyclic) bond motifs is 2. The largest absolute Gasteiger partial charge is 0.454 e. The maximum Gasteiger partial charge on any atom is 0.266 e. The molecule has 0 saturated carbocycles. The van der Waals surface area contributed by atoms with Gasteiger partial charge in [0.2, 0.25) is 6.79 Å². The van der Waals surface area contributed by atoms with Crippen molar-refractivity contribution in [1.29, 1.82) is 0 Å². The zero-order valence-electron chi connectivity index (χ0n) is 15.0. The van der Waals surface area contributed by atoms with Crippen LogP contribution in [0.4, 0.5) is 0 Å². The molecule has 0 radical (unpaired) electrons. The van der Waals surface area contributed by atoms with Gasteiger partial charge in [-0.15, -0.1) is 11.3 Å². The van der Waals surface area contributed by atoms with Gasteiger partial charge in [0.05, 0.1) is 16.4 Å². The summed E-state index contributed by atoms with van der Waals surface area (Å²) in [6.45, 7) is 5.27. The number of hydrogen-bond donors (Lipinski definition) is 1. The van der Waals surface area contributed by atoms with Crippen LogP contribution < -0.4 is 9.47 Å². The van der Waals surface area contributed by atoms with E-state index in [9.17, 15) is 4.79 Å². The average molecular weight is 382 g/mol. The first-order chi connectivity index (χ1) is 13.1. The van der Waals surface area contributed by atoms with Crippen LogP contribution in [0.1, 0.15) is 31.6 Å². The second kappa shape index (κ2) is 6.09. The molecule has 8 heteroatoms. The Morgan fingerprint density at radius 2 is 2.11 bits per heavy atom. The van der Waals surface area contributed by atoms with Crippen molar-refractivity contribution in [3.05, 3.63) is 45.0 Å². The first kappa shape index (κ1) is 16.3. The summed E-state index contributed by atoms with van der Waals surface area (Å²) in [6, 6.07) is 5.81. The molecule has 2 aliphatic heterocycles. The standard InChI is InChI=1S/C19H18N4O3S/c1-10-18(27-11(2)20-10)19(24)23-6-5-14-13(8-23)17(22-21-14)12-3-4-15-16(7-12)26-9-25-15/h3-4,7H,5-6,8-9H2,1-2H3,(H,21,22). The summed E-state index contributed by atoms with van der Waals surface area (Å²) in [6.07, 6.45) is 0.759. The van der Waals surface area contributed by atoms with Gasteiger partial charge in [-0.3, -0.25) is 9.89 Å². The van der Waals surface area contributed by atoms with E-state index in [0.717, 1.165) is 56.0 Å². The van der Waals surface area contributed by atoms with Gasteiger partial charge in [0.15, 0.2) is 11.5 Å². The van der Waals surface area contributed by atoms with Gasteiger partial charge in [0.25, 0.3) is 5.91 Å². The minimum absolute atomic E-state index is 0.0431. The summed E-state index contributed by atoms with van der Waals surface area (Å²) in [5.41, 5.74) is 4.77. The van der Waals surface area contributed by atoms with Crippen molar-refractivity contribution in [3.8, 4) is 22.8 Å². The van der Waals surface area contributed by atoms with Crippen molar-refractivity contribution < 1.29 is 14.3 Å². The Morgan fingerprint density at radius 1 is 1.26 bits per heavy atom. The second-order valence-electron chi connectivity index (χ2n) is 6.72. The van der Waals surface area contributed by atoms with Crippen molar-refractivity contribution in [1.82, 2.24) is 20.1 Å². The van der Waals surface area contributed by atoms with Crippen LogP contribution in [0.15, 0.2) is 18.2 Å². The number of benzene rings is 1. The predicted molar refractivity (Wildman–Crippen MR) is 100 cm³/mol. The monoisotopic (exact) mass is 382 g/mol. The number of aromatic nitrogens is 3. The van der Waals surface area contributed by atoms with E-state index in [1.165, 1.54) is 11.3 Å². The number of ether oxygens (including phenoxy) is 2. The van der Waals surface area contributed by atoms with Gasteiger partial charge in [-0.05, 0) is 32.0 Å². The summed E-state index contributed by atoms with van der Waals surface area (Å²) < 4.78 is 10.9. The molecule has 0 saturated heterocycles. The minimum Gasteiger partial charge on any atom is -0.454 e. The summed E-state index contributed by atoms with van der Waals surface area (Å²) in [4.78, 5) is 20.0. The number of thiazole rings is 1. The van der Waals surface area contributed by atoms with E-state index in [-0.39, 0.29) is 12.7 Å². The molecule has 138 valence electrons. The molecule has 0 bridgehead atoms. The van der Waals surface area contributed by atoms with E-state index in [2.05, 4.69) is 15.2 Å². The second-order valence-corrected chi connectivity index (χ2v) is 7.92. The highest BCUT2D eigenvalue weighted by molar-refractivity contribution is 7.13. The number of carbonyl (C=O) groups is 1. The quantitative estimate of drug-likeness (QED) is 0.737. The highest BCUT2D eigenvalue weighted by Crippen LogP contribution is 2.37. The number of nitrogens with one attached hydrogen (secondary N) is 1. The zero-order valence-corrected chi connectivity index (χ0v) is 15.9. The van der Waals surface area contributed by atoms with E-state index in [4.69, 9.17) is 9.47 Å². The third-order valence-electron chi connectivity index (χ3n) is 4.96. The fourth-order valence-electron chi connectivity index (χ4n) is 3.62. The van der Waals surface area contributed by atoms with Gasteiger partial charge < -0.3 is 14.4 Å². The molecule has 1 amide bonds. The average Bonchev–Trinajstić information content (AvgIpc) is 3.37. The molecular formula is C19H18N4O3S. The molecule has 0 atom stereocenters. The van der Waals surface area contributed by atoms with Crippen LogP contribution >= 0.6 is 11.3 Å². The molecule has 4 heterocycles. The summed E-state index contributed by atoms with van der Waals surface area (Å²) >= 11 is 1.46. The van der Waals surface area contributed by atoms with Gasteiger partial charge in [0, 0.05) is 36.3 Å². The fourth-order valence-corrected chi connectivity index (χ4v) is 4.51. The Morgan fingerprint density at radius 3 is 2.93 bits per heavy atom. The van der Waals surface area contributed by atoms with Gasteiger partial charge in [-0.2, -0.15) is 5.10 Å². The molecule has 2 aromatic heterocycles. The lowest BCUT2D eigenvalue weighted by Crippen LogP contribution is -2.35. The number of amides is 1. The minimum atomic E-state index is 0.0431. The normalized spacial score (nSPS) is 15.1. The van der Waals surface area contributed by atoms with Crippen molar-refractivity contribution in [2.75, 3.05) is 13.3 Å².